The SMILES string of the molecule is CCCC(C)C(C)CC.CCCCC(C)C(C)C. The third kappa shape index (κ3) is 12.5. The third-order valence-corrected chi connectivity index (χ3v) is 4.51. The molecule has 0 saturated heterocycles. The molecule has 3 atom stereocenters. The van der Waals surface area contributed by atoms with Gasteiger partial charge in [-0.2, -0.15) is 0 Å². The molecule has 3 unspecified atom stereocenters. The highest BCUT2D eigenvalue weighted by Crippen LogP contribution is 2.18. The molecule has 0 nitrogen and oxygen atoms in total. The molecule has 0 aliphatic heterocycles. The molecule has 0 radical (unpaired) electrons. The molecule has 0 aromatic rings. The minimum Gasteiger partial charge on any atom is -0.0654 e. The molecule has 0 aromatic carbocycles. The van der Waals surface area contributed by atoms with Crippen LogP contribution in [0.15, 0.2) is 0 Å². The summed E-state index contributed by atoms with van der Waals surface area (Å²) in [4.78, 5) is 0. The lowest BCUT2D eigenvalue weighted by molar-refractivity contribution is 0.352. The molecular weight excluding hydrogens is 216 g/mol. The van der Waals surface area contributed by atoms with Crippen LogP contribution in [0.2, 0.25) is 0 Å². The molecule has 0 aromatic heterocycles. The summed E-state index contributed by atoms with van der Waals surface area (Å²) in [5.74, 6) is 3.64. The molecule has 0 fully saturated rings. The fourth-order valence-corrected chi connectivity index (χ4v) is 2.00. The summed E-state index contributed by atoms with van der Waals surface area (Å²) in [5, 5.41) is 0. The van der Waals surface area contributed by atoms with Crippen molar-refractivity contribution in [2.75, 3.05) is 0 Å². The summed E-state index contributed by atoms with van der Waals surface area (Å²) in [6, 6.07) is 0. The maximum absolute atomic E-state index is 2.36. The Hall–Kier alpha value is 0. The van der Waals surface area contributed by atoms with Gasteiger partial charge in [-0.3, -0.25) is 0 Å². The van der Waals surface area contributed by atoms with Gasteiger partial charge in [0.2, 0.25) is 0 Å². The topological polar surface area (TPSA) is 0 Å². The Morgan fingerprint density at radius 2 is 1.17 bits per heavy atom. The van der Waals surface area contributed by atoms with Gasteiger partial charge in [-0.05, 0) is 23.7 Å². The van der Waals surface area contributed by atoms with E-state index in [4.69, 9.17) is 0 Å². The third-order valence-electron chi connectivity index (χ3n) is 4.51. The van der Waals surface area contributed by atoms with Crippen molar-refractivity contribution in [3.8, 4) is 0 Å². The standard InChI is InChI=1S/2C9H20/c1-5-6-7-9(4)8(2)3;1-5-7-9(4)8(3)6-2/h2*8-9H,5-7H2,1-4H3. The first-order valence-electron chi connectivity index (χ1n) is 8.40. The van der Waals surface area contributed by atoms with Gasteiger partial charge in [-0.1, -0.05) is 93.9 Å². The van der Waals surface area contributed by atoms with Gasteiger partial charge in [0, 0.05) is 0 Å². The monoisotopic (exact) mass is 256 g/mol. The second-order valence-corrected chi connectivity index (χ2v) is 6.52. The van der Waals surface area contributed by atoms with Crippen molar-refractivity contribution in [1.82, 2.24) is 0 Å². The molecule has 0 saturated carbocycles. The van der Waals surface area contributed by atoms with Crippen LogP contribution in [-0.4, -0.2) is 0 Å². The zero-order valence-electron chi connectivity index (χ0n) is 14.6. The van der Waals surface area contributed by atoms with Crippen LogP contribution in [0.25, 0.3) is 0 Å². The van der Waals surface area contributed by atoms with Crippen LogP contribution >= 0.6 is 0 Å². The van der Waals surface area contributed by atoms with Crippen LogP contribution in [0.1, 0.15) is 93.9 Å². The van der Waals surface area contributed by atoms with E-state index in [1.807, 2.05) is 0 Å². The van der Waals surface area contributed by atoms with Crippen LogP contribution in [0.5, 0.6) is 0 Å². The minimum atomic E-state index is 0.872. The molecular formula is C18H40. The van der Waals surface area contributed by atoms with E-state index in [1.54, 1.807) is 0 Å². The molecule has 0 aliphatic rings. The molecule has 0 bridgehead atoms. The van der Waals surface area contributed by atoms with Gasteiger partial charge in [0.1, 0.15) is 0 Å². The fraction of sp³-hybridized carbons (Fsp3) is 1.00. The Bertz CT molecular complexity index is 148. The summed E-state index contributed by atoms with van der Waals surface area (Å²) in [7, 11) is 0. The Morgan fingerprint density at radius 1 is 0.611 bits per heavy atom. The lowest BCUT2D eigenvalue weighted by Gasteiger charge is -2.16. The Balaban J connectivity index is 0. The zero-order chi connectivity index (χ0) is 14.6. The average Bonchev–Trinajstić information content (AvgIpc) is 2.35. The maximum atomic E-state index is 2.36. The first-order valence-corrected chi connectivity index (χ1v) is 8.40. The molecule has 0 N–H and O–H groups in total. The van der Waals surface area contributed by atoms with Gasteiger partial charge in [-0.25, -0.2) is 0 Å². The lowest BCUT2D eigenvalue weighted by Crippen LogP contribution is -2.05. The minimum absolute atomic E-state index is 0.872. The van der Waals surface area contributed by atoms with Crippen molar-refractivity contribution in [2.24, 2.45) is 23.7 Å². The number of hydrogen-bond donors (Lipinski definition) is 0. The van der Waals surface area contributed by atoms with E-state index >= 15 is 0 Å². The van der Waals surface area contributed by atoms with E-state index in [1.165, 1.54) is 38.5 Å². The van der Waals surface area contributed by atoms with E-state index in [-0.39, 0.29) is 0 Å². The van der Waals surface area contributed by atoms with Crippen molar-refractivity contribution < 1.29 is 0 Å². The molecule has 0 amide bonds. The van der Waals surface area contributed by atoms with Crippen LogP contribution in [-0.2, 0) is 0 Å². The van der Waals surface area contributed by atoms with Gasteiger partial charge in [0.15, 0.2) is 0 Å². The van der Waals surface area contributed by atoms with Crippen molar-refractivity contribution in [2.45, 2.75) is 93.9 Å². The summed E-state index contributed by atoms with van der Waals surface area (Å²) >= 11 is 0. The van der Waals surface area contributed by atoms with Crippen LogP contribution < -0.4 is 0 Å². The molecule has 112 valence electrons. The predicted molar refractivity (Wildman–Crippen MR) is 87.1 cm³/mol. The van der Waals surface area contributed by atoms with E-state index in [0.717, 1.165) is 23.7 Å². The summed E-state index contributed by atoms with van der Waals surface area (Å²) in [6.07, 6.45) is 8.23. The van der Waals surface area contributed by atoms with Crippen LogP contribution in [0.4, 0.5) is 0 Å². The van der Waals surface area contributed by atoms with Gasteiger partial charge in [0.05, 0.1) is 0 Å². The van der Waals surface area contributed by atoms with E-state index < -0.39 is 0 Å². The van der Waals surface area contributed by atoms with Crippen LogP contribution in [0, 0.1) is 23.7 Å². The Kier molecular flexibility index (Phi) is 15.2. The summed E-state index contributed by atoms with van der Waals surface area (Å²) in [6.45, 7) is 18.5. The smallest absolute Gasteiger partial charge is 0.0417 e. The summed E-state index contributed by atoms with van der Waals surface area (Å²) in [5.41, 5.74) is 0. The molecule has 0 heterocycles. The van der Waals surface area contributed by atoms with E-state index in [9.17, 15) is 0 Å². The van der Waals surface area contributed by atoms with E-state index in [0.29, 0.717) is 0 Å². The first-order chi connectivity index (χ1) is 8.40. The quantitative estimate of drug-likeness (QED) is 0.441. The zero-order valence-corrected chi connectivity index (χ0v) is 14.6. The van der Waals surface area contributed by atoms with Gasteiger partial charge in [-0.15, -0.1) is 0 Å². The largest absolute Gasteiger partial charge is 0.0654 e. The molecule has 0 aliphatic carbocycles. The molecule has 18 heavy (non-hydrogen) atoms. The summed E-state index contributed by atoms with van der Waals surface area (Å²) < 4.78 is 0. The normalized spacial score (nSPS) is 15.8. The van der Waals surface area contributed by atoms with Gasteiger partial charge in [0.25, 0.3) is 0 Å². The highest BCUT2D eigenvalue weighted by atomic mass is 14.1. The molecule has 0 rings (SSSR count). The Labute approximate surface area is 118 Å². The van der Waals surface area contributed by atoms with Gasteiger partial charge < -0.3 is 0 Å². The second kappa shape index (κ2) is 13.4. The van der Waals surface area contributed by atoms with Crippen molar-refractivity contribution in [3.05, 3.63) is 0 Å². The highest BCUT2D eigenvalue weighted by Gasteiger charge is 2.07. The van der Waals surface area contributed by atoms with Crippen molar-refractivity contribution >= 4 is 0 Å². The highest BCUT2D eigenvalue weighted by molar-refractivity contribution is 4.58. The number of hydrogen-bond acceptors (Lipinski definition) is 0. The fourth-order valence-electron chi connectivity index (χ4n) is 2.00. The number of rotatable bonds is 8. The average molecular weight is 257 g/mol. The predicted octanol–water partition coefficient (Wildman–Crippen LogP) is 6.94. The van der Waals surface area contributed by atoms with Crippen LogP contribution in [0.3, 0.4) is 0 Å². The van der Waals surface area contributed by atoms with Crippen molar-refractivity contribution in [3.63, 3.8) is 0 Å². The van der Waals surface area contributed by atoms with Crippen molar-refractivity contribution in [1.29, 1.82) is 0 Å². The number of unbranched alkanes of at least 4 members (excludes halogenated alkanes) is 1. The lowest BCUT2D eigenvalue weighted by atomic mass is 9.90. The van der Waals surface area contributed by atoms with Gasteiger partial charge >= 0.3 is 0 Å². The Morgan fingerprint density at radius 3 is 1.50 bits per heavy atom. The maximum Gasteiger partial charge on any atom is -0.0417 e. The molecule has 0 spiro atoms. The molecule has 0 heteroatoms. The second-order valence-electron chi connectivity index (χ2n) is 6.52. The van der Waals surface area contributed by atoms with E-state index in [2.05, 4.69) is 55.4 Å². The first kappa shape index (κ1) is 20.3.